The van der Waals surface area contributed by atoms with E-state index < -0.39 is 32.5 Å². The van der Waals surface area contributed by atoms with Gasteiger partial charge in [-0.15, -0.1) is 4.40 Å². The highest BCUT2D eigenvalue weighted by molar-refractivity contribution is 7.90. The zero-order valence-electron chi connectivity index (χ0n) is 12.3. The van der Waals surface area contributed by atoms with E-state index in [1.165, 1.54) is 12.1 Å². The molecule has 2 aromatic rings. The summed E-state index contributed by atoms with van der Waals surface area (Å²) < 4.78 is 80.1. The molecule has 0 atom stereocenters. The van der Waals surface area contributed by atoms with Gasteiger partial charge < -0.3 is 4.90 Å². The Balaban J connectivity index is 2.12. The fraction of sp³-hybridized carbons (Fsp3) is 0.133. The van der Waals surface area contributed by atoms with Crippen LogP contribution in [0.5, 0.6) is 0 Å². The molecule has 0 bridgehead atoms. The fourth-order valence-electron chi connectivity index (χ4n) is 2.35. The molecule has 0 aromatic heterocycles. The molecule has 0 radical (unpaired) electrons. The lowest BCUT2D eigenvalue weighted by molar-refractivity contribution is -0.137. The Morgan fingerprint density at radius 1 is 1.16 bits per heavy atom. The molecule has 0 fully saturated rings. The van der Waals surface area contributed by atoms with E-state index in [-0.39, 0.29) is 22.8 Å². The summed E-state index contributed by atoms with van der Waals surface area (Å²) in [6.45, 7) is -0.279. The van der Waals surface area contributed by atoms with E-state index in [1.54, 1.807) is 0 Å². The fourth-order valence-corrected chi connectivity index (χ4v) is 3.61. The predicted octanol–water partition coefficient (Wildman–Crippen LogP) is 4.24. The van der Waals surface area contributed by atoms with Crippen LogP contribution in [0.4, 0.5) is 23.2 Å². The average Bonchev–Trinajstić information content (AvgIpc) is 2.52. The van der Waals surface area contributed by atoms with E-state index in [4.69, 9.17) is 11.6 Å². The molecule has 3 rings (SSSR count). The molecule has 0 amide bonds. The minimum absolute atomic E-state index is 0.0123. The third-order valence-corrected chi connectivity index (χ3v) is 5.22. The van der Waals surface area contributed by atoms with Crippen molar-refractivity contribution in [2.75, 3.05) is 4.90 Å². The lowest BCUT2D eigenvalue weighted by atomic mass is 10.1. The van der Waals surface area contributed by atoms with Crippen molar-refractivity contribution in [2.24, 2.45) is 4.40 Å². The van der Waals surface area contributed by atoms with E-state index in [1.807, 2.05) is 0 Å². The van der Waals surface area contributed by atoms with Crippen molar-refractivity contribution >= 4 is 33.7 Å². The number of anilines is 1. The molecule has 0 saturated heterocycles. The Kier molecular flexibility index (Phi) is 4.24. The van der Waals surface area contributed by atoms with Gasteiger partial charge in [-0.1, -0.05) is 17.7 Å². The number of fused-ring (bicyclic) bond motifs is 1. The zero-order valence-corrected chi connectivity index (χ0v) is 13.8. The highest BCUT2D eigenvalue weighted by Gasteiger charge is 2.34. The van der Waals surface area contributed by atoms with Gasteiger partial charge >= 0.3 is 6.18 Å². The van der Waals surface area contributed by atoms with E-state index in [0.29, 0.717) is 12.1 Å². The van der Waals surface area contributed by atoms with Crippen molar-refractivity contribution in [3.63, 3.8) is 0 Å². The normalized spacial score (nSPS) is 16.0. The SMILES string of the molecule is O=S1(=O)N=CN(Cc2c(F)cccc2Cl)c2cc(C(F)(F)F)ccc21. The maximum absolute atomic E-state index is 13.9. The molecule has 25 heavy (non-hydrogen) atoms. The molecule has 132 valence electrons. The molecule has 1 aliphatic heterocycles. The highest BCUT2D eigenvalue weighted by atomic mass is 35.5. The van der Waals surface area contributed by atoms with Gasteiger partial charge in [0.2, 0.25) is 0 Å². The Morgan fingerprint density at radius 3 is 2.52 bits per heavy atom. The van der Waals surface area contributed by atoms with Crippen molar-refractivity contribution in [1.29, 1.82) is 0 Å². The first-order valence-electron chi connectivity index (χ1n) is 6.81. The number of sulfonamides is 1. The maximum Gasteiger partial charge on any atom is 0.416 e. The molecule has 0 saturated carbocycles. The first kappa shape index (κ1) is 17.7. The first-order valence-corrected chi connectivity index (χ1v) is 8.62. The summed E-state index contributed by atoms with van der Waals surface area (Å²) in [6.07, 6.45) is -3.81. The van der Waals surface area contributed by atoms with Crippen LogP contribution in [0, 0.1) is 5.82 Å². The Bertz CT molecular complexity index is 954. The van der Waals surface area contributed by atoms with Crippen LogP contribution in [0.2, 0.25) is 5.02 Å². The van der Waals surface area contributed by atoms with Crippen LogP contribution in [-0.2, 0) is 22.7 Å². The van der Waals surface area contributed by atoms with Gasteiger partial charge in [-0.2, -0.15) is 21.6 Å². The minimum atomic E-state index is -4.66. The molecule has 2 aromatic carbocycles. The molecule has 4 nitrogen and oxygen atoms in total. The summed E-state index contributed by atoms with van der Waals surface area (Å²) in [5.74, 6) is -0.664. The zero-order chi connectivity index (χ0) is 18.4. The summed E-state index contributed by atoms with van der Waals surface area (Å²) in [6, 6.07) is 6.13. The van der Waals surface area contributed by atoms with Crippen molar-refractivity contribution in [1.82, 2.24) is 0 Å². The van der Waals surface area contributed by atoms with Crippen molar-refractivity contribution in [2.45, 2.75) is 17.6 Å². The van der Waals surface area contributed by atoms with Gasteiger partial charge in [-0.3, -0.25) is 0 Å². The van der Waals surface area contributed by atoms with Gasteiger partial charge in [-0.05, 0) is 30.3 Å². The smallest absolute Gasteiger partial charge is 0.326 e. The van der Waals surface area contributed by atoms with E-state index >= 15 is 0 Å². The topological polar surface area (TPSA) is 49.7 Å². The Hall–Kier alpha value is -2.13. The number of hydrogen-bond donors (Lipinski definition) is 0. The Morgan fingerprint density at radius 2 is 1.88 bits per heavy atom. The van der Waals surface area contributed by atoms with Gasteiger partial charge in [-0.25, -0.2) is 4.39 Å². The van der Waals surface area contributed by atoms with Gasteiger partial charge in [0.25, 0.3) is 10.0 Å². The van der Waals surface area contributed by atoms with Crippen LogP contribution < -0.4 is 4.90 Å². The molecular weight excluding hydrogens is 384 g/mol. The van der Waals surface area contributed by atoms with Crippen LogP contribution in [0.15, 0.2) is 45.7 Å². The van der Waals surface area contributed by atoms with Crippen molar-refractivity contribution < 1.29 is 26.0 Å². The summed E-state index contributed by atoms with van der Waals surface area (Å²) in [4.78, 5) is 0.714. The van der Waals surface area contributed by atoms with Crippen LogP contribution in [0.1, 0.15) is 11.1 Å². The number of halogens is 5. The maximum atomic E-state index is 13.9. The van der Waals surface area contributed by atoms with Gasteiger partial charge in [0, 0.05) is 10.6 Å². The Labute approximate surface area is 145 Å². The molecule has 0 N–H and O–H groups in total. The van der Waals surface area contributed by atoms with Crippen LogP contribution >= 0.6 is 11.6 Å². The highest BCUT2D eigenvalue weighted by Crippen LogP contribution is 2.37. The average molecular weight is 393 g/mol. The summed E-state index contributed by atoms with van der Waals surface area (Å²) in [5.41, 5.74) is -1.26. The summed E-state index contributed by atoms with van der Waals surface area (Å²) in [7, 11) is -4.12. The minimum Gasteiger partial charge on any atom is -0.326 e. The van der Waals surface area contributed by atoms with E-state index in [2.05, 4.69) is 4.40 Å². The van der Waals surface area contributed by atoms with Crippen LogP contribution in [0.25, 0.3) is 0 Å². The number of alkyl halides is 3. The van der Waals surface area contributed by atoms with Crippen molar-refractivity contribution in [3.05, 3.63) is 58.4 Å². The first-order chi connectivity index (χ1) is 11.6. The number of rotatable bonds is 2. The molecule has 10 heteroatoms. The molecule has 1 heterocycles. The van der Waals surface area contributed by atoms with Crippen LogP contribution in [0.3, 0.4) is 0 Å². The molecule has 0 aliphatic carbocycles. The monoisotopic (exact) mass is 392 g/mol. The third kappa shape index (κ3) is 3.34. The second kappa shape index (κ2) is 5.99. The lowest BCUT2D eigenvalue weighted by Crippen LogP contribution is -2.28. The molecule has 1 aliphatic rings. The van der Waals surface area contributed by atoms with E-state index in [0.717, 1.165) is 23.4 Å². The van der Waals surface area contributed by atoms with Gasteiger partial charge in [0.15, 0.2) is 0 Å². The van der Waals surface area contributed by atoms with Gasteiger partial charge in [0.1, 0.15) is 17.1 Å². The number of nitrogens with zero attached hydrogens (tertiary/aromatic N) is 2. The number of benzene rings is 2. The second-order valence-electron chi connectivity index (χ2n) is 5.20. The summed E-state index contributed by atoms with van der Waals surface area (Å²) in [5, 5.41) is 0.0651. The van der Waals surface area contributed by atoms with Crippen molar-refractivity contribution in [3.8, 4) is 0 Å². The van der Waals surface area contributed by atoms with E-state index in [9.17, 15) is 26.0 Å². The quantitative estimate of drug-likeness (QED) is 0.718. The molecule has 0 unspecified atom stereocenters. The van der Waals surface area contributed by atoms with Gasteiger partial charge in [0.05, 0.1) is 17.8 Å². The van der Waals surface area contributed by atoms with Crippen LogP contribution in [-0.4, -0.2) is 14.8 Å². The predicted molar refractivity (Wildman–Crippen MR) is 84.7 cm³/mol. The molecule has 0 spiro atoms. The second-order valence-corrected chi connectivity index (χ2v) is 7.21. The largest absolute Gasteiger partial charge is 0.416 e. The third-order valence-electron chi connectivity index (χ3n) is 3.59. The standard InChI is InChI=1S/C15H9ClF4N2O2S/c16-11-2-1-3-12(17)10(11)7-22-8-21-25(23,24)14-5-4-9(6-13(14)22)15(18,19)20/h1-6,8H,7H2. The summed E-state index contributed by atoms with van der Waals surface area (Å²) >= 11 is 5.93. The number of hydrogen-bond acceptors (Lipinski definition) is 3. The molecular formula is C15H9ClF4N2O2S. The lowest BCUT2D eigenvalue weighted by Gasteiger charge is -2.26.